The molecule has 0 aliphatic carbocycles. The normalized spacial score (nSPS) is 11.2. The van der Waals surface area contributed by atoms with E-state index in [0.29, 0.717) is 11.4 Å². The van der Waals surface area contributed by atoms with Crippen LogP contribution in [0.4, 0.5) is 18.9 Å². The second-order valence-electron chi connectivity index (χ2n) is 8.12. The first-order chi connectivity index (χ1) is 18.0. The number of alkyl halides is 3. The predicted molar refractivity (Wildman–Crippen MR) is 137 cm³/mol. The van der Waals surface area contributed by atoms with E-state index in [1.54, 1.807) is 31.3 Å². The highest BCUT2D eigenvalue weighted by Gasteiger charge is 2.33. The van der Waals surface area contributed by atoms with Gasteiger partial charge in [0.05, 0.1) is 29.9 Å². The van der Waals surface area contributed by atoms with Crippen molar-refractivity contribution in [2.75, 3.05) is 32.2 Å². The van der Waals surface area contributed by atoms with Gasteiger partial charge in [-0.1, -0.05) is 23.7 Å². The van der Waals surface area contributed by atoms with Crippen molar-refractivity contribution in [1.82, 2.24) is 10.3 Å². The number of nitrogens with one attached hydrogen (secondary N) is 1. The predicted octanol–water partition coefficient (Wildman–Crippen LogP) is 4.68. The van der Waals surface area contributed by atoms with Gasteiger partial charge in [0.1, 0.15) is 23.8 Å². The minimum Gasteiger partial charge on any atom is -0.495 e. The number of rotatable bonds is 9. The van der Waals surface area contributed by atoms with Crippen molar-refractivity contribution in [3.05, 3.63) is 70.5 Å². The Morgan fingerprint density at radius 3 is 2.47 bits per heavy atom. The molecule has 3 aromatic rings. The summed E-state index contributed by atoms with van der Waals surface area (Å²) in [5, 5.41) is 2.69. The fourth-order valence-corrected chi connectivity index (χ4v) is 3.95. The van der Waals surface area contributed by atoms with Crippen LogP contribution in [0.5, 0.6) is 11.5 Å². The number of hydrogen-bond donors (Lipinski definition) is 2. The number of aromatic nitrogens is 1. The summed E-state index contributed by atoms with van der Waals surface area (Å²) in [5.41, 5.74) is 5.84. The van der Waals surface area contributed by atoms with Crippen LogP contribution in [0.3, 0.4) is 0 Å². The Kier molecular flexibility index (Phi) is 9.18. The number of pyridine rings is 1. The molecule has 0 aliphatic heterocycles. The Bertz CT molecular complexity index is 1330. The van der Waals surface area contributed by atoms with Crippen molar-refractivity contribution in [2.45, 2.75) is 19.6 Å². The second-order valence-corrected chi connectivity index (χ2v) is 8.53. The van der Waals surface area contributed by atoms with Crippen LogP contribution < -0.4 is 25.4 Å². The Balaban J connectivity index is 2.12. The van der Waals surface area contributed by atoms with E-state index in [2.05, 4.69) is 10.3 Å². The smallest absolute Gasteiger partial charge is 0.433 e. The lowest BCUT2D eigenvalue weighted by atomic mass is 9.98. The number of carbonyl (C=O) groups is 2. The Labute approximate surface area is 222 Å². The molecule has 0 unspecified atom stereocenters. The number of carbonyl (C=O) groups excluding carboxylic acids is 2. The average Bonchev–Trinajstić information content (AvgIpc) is 2.89. The van der Waals surface area contributed by atoms with E-state index in [1.165, 1.54) is 31.1 Å². The lowest BCUT2D eigenvalue weighted by Gasteiger charge is -2.22. The van der Waals surface area contributed by atoms with E-state index >= 15 is 0 Å². The maximum atomic E-state index is 13.7. The Morgan fingerprint density at radius 2 is 1.84 bits per heavy atom. The summed E-state index contributed by atoms with van der Waals surface area (Å²) in [6.45, 7) is 1.33. The van der Waals surface area contributed by atoms with Crippen molar-refractivity contribution >= 4 is 29.1 Å². The molecule has 3 rings (SSSR count). The van der Waals surface area contributed by atoms with E-state index in [-0.39, 0.29) is 58.6 Å². The van der Waals surface area contributed by atoms with Crippen LogP contribution in [0, 0.1) is 0 Å². The van der Waals surface area contributed by atoms with Gasteiger partial charge in [-0.25, -0.2) is 0 Å². The number of nitrogens with two attached hydrogens (primary N) is 1. The first-order valence-electron chi connectivity index (χ1n) is 11.4. The van der Waals surface area contributed by atoms with Crippen molar-refractivity contribution in [3.8, 4) is 22.6 Å². The summed E-state index contributed by atoms with van der Waals surface area (Å²) in [4.78, 5) is 29.8. The molecule has 38 heavy (non-hydrogen) atoms. The van der Waals surface area contributed by atoms with Crippen LogP contribution in [0.15, 0.2) is 48.7 Å². The van der Waals surface area contributed by atoms with Crippen molar-refractivity contribution in [3.63, 3.8) is 0 Å². The highest BCUT2D eigenvalue weighted by Crippen LogP contribution is 2.39. The molecule has 8 nitrogen and oxygen atoms in total. The van der Waals surface area contributed by atoms with Gasteiger partial charge in [-0.3, -0.25) is 14.6 Å². The fourth-order valence-electron chi connectivity index (χ4n) is 3.70. The van der Waals surface area contributed by atoms with Gasteiger partial charge in [-0.2, -0.15) is 13.2 Å². The SMILES string of the molecule is COc1ccccc1N(C)C(=O)c1cc(-c2cnc(C(F)(F)F)cc2CN)c(Cl)cc1OCCNC(C)=O. The molecule has 0 saturated carbocycles. The molecular formula is C26H26ClF3N4O4. The molecule has 0 spiro atoms. The number of benzene rings is 2. The maximum absolute atomic E-state index is 13.7. The third kappa shape index (κ3) is 6.53. The molecule has 3 N–H and O–H groups in total. The van der Waals surface area contributed by atoms with E-state index in [4.69, 9.17) is 26.8 Å². The number of methoxy groups -OCH3 is 1. The molecule has 2 amide bonds. The van der Waals surface area contributed by atoms with Crippen molar-refractivity contribution in [2.24, 2.45) is 5.73 Å². The van der Waals surface area contributed by atoms with Crippen molar-refractivity contribution < 1.29 is 32.2 Å². The first-order valence-corrected chi connectivity index (χ1v) is 11.7. The van der Waals surface area contributed by atoms with Crippen LogP contribution in [-0.4, -0.2) is 44.1 Å². The third-order valence-corrected chi connectivity index (χ3v) is 5.89. The number of nitrogens with zero attached hydrogens (tertiary/aromatic N) is 2. The topological polar surface area (TPSA) is 107 Å². The molecular weight excluding hydrogens is 525 g/mol. The summed E-state index contributed by atoms with van der Waals surface area (Å²) in [7, 11) is 3.01. The molecule has 0 aliphatic rings. The highest BCUT2D eigenvalue weighted by atomic mass is 35.5. The molecule has 0 bridgehead atoms. The quantitative estimate of drug-likeness (QED) is 0.375. The largest absolute Gasteiger partial charge is 0.495 e. The zero-order valence-corrected chi connectivity index (χ0v) is 21.6. The van der Waals surface area contributed by atoms with Crippen LogP contribution in [0.25, 0.3) is 11.1 Å². The minimum absolute atomic E-state index is 0.0315. The molecule has 2 aromatic carbocycles. The first kappa shape index (κ1) is 28.7. The Morgan fingerprint density at radius 1 is 1.13 bits per heavy atom. The van der Waals surface area contributed by atoms with Gasteiger partial charge in [0.2, 0.25) is 5.91 Å². The second kappa shape index (κ2) is 12.1. The van der Waals surface area contributed by atoms with Crippen molar-refractivity contribution in [1.29, 1.82) is 0 Å². The monoisotopic (exact) mass is 550 g/mol. The summed E-state index contributed by atoms with van der Waals surface area (Å²) >= 11 is 6.52. The Hall–Kier alpha value is -3.83. The number of ether oxygens (including phenoxy) is 2. The zero-order chi connectivity index (χ0) is 28.0. The molecule has 0 radical (unpaired) electrons. The summed E-state index contributed by atoms with van der Waals surface area (Å²) in [6, 6.07) is 10.5. The number of hydrogen-bond acceptors (Lipinski definition) is 6. The van der Waals surface area contributed by atoms with Crippen LogP contribution in [0.2, 0.25) is 5.02 Å². The molecule has 202 valence electrons. The molecule has 0 saturated heterocycles. The molecule has 12 heteroatoms. The van der Waals surface area contributed by atoms with Gasteiger partial charge in [0, 0.05) is 43.9 Å². The summed E-state index contributed by atoms with van der Waals surface area (Å²) in [6.07, 6.45) is -3.63. The van der Waals surface area contributed by atoms with Gasteiger partial charge in [0.15, 0.2) is 0 Å². The fraction of sp³-hybridized carbons (Fsp3) is 0.269. The van der Waals surface area contributed by atoms with Gasteiger partial charge in [-0.05, 0) is 29.8 Å². The molecule has 0 atom stereocenters. The van der Waals surface area contributed by atoms with Crippen LogP contribution >= 0.6 is 11.6 Å². The molecule has 1 aromatic heterocycles. The zero-order valence-electron chi connectivity index (χ0n) is 20.9. The van der Waals surface area contributed by atoms with Crippen LogP contribution in [0.1, 0.15) is 28.5 Å². The van der Waals surface area contributed by atoms with Crippen LogP contribution in [-0.2, 0) is 17.5 Å². The molecule has 1 heterocycles. The van der Waals surface area contributed by atoms with Gasteiger partial charge in [0.25, 0.3) is 5.91 Å². The standard InChI is InChI=1S/C26H26ClF3N4O4/c1-15(35)32-8-9-38-23-12-20(27)17(19-14-33-24(26(28,29)30)10-16(19)13-31)11-18(23)25(36)34(2)21-6-4-5-7-22(21)37-3/h4-7,10-12,14H,8-9,13,31H2,1-3H3,(H,32,35). The van der Waals surface area contributed by atoms with Gasteiger partial charge < -0.3 is 25.4 Å². The van der Waals surface area contributed by atoms with E-state index in [1.807, 2.05) is 0 Å². The summed E-state index contributed by atoms with van der Waals surface area (Å²) < 4.78 is 50.8. The maximum Gasteiger partial charge on any atom is 0.433 e. The van der Waals surface area contributed by atoms with Gasteiger partial charge in [-0.15, -0.1) is 0 Å². The van der Waals surface area contributed by atoms with E-state index in [0.717, 1.165) is 12.3 Å². The van der Waals surface area contributed by atoms with Gasteiger partial charge >= 0.3 is 6.18 Å². The number of anilines is 1. The number of halogens is 4. The lowest BCUT2D eigenvalue weighted by molar-refractivity contribution is -0.141. The van der Waals surface area contributed by atoms with E-state index < -0.39 is 17.8 Å². The third-order valence-electron chi connectivity index (χ3n) is 5.57. The number of amides is 2. The summed E-state index contributed by atoms with van der Waals surface area (Å²) in [5.74, 6) is -0.192. The van der Waals surface area contributed by atoms with E-state index in [9.17, 15) is 22.8 Å². The minimum atomic E-state index is -4.66. The lowest BCUT2D eigenvalue weighted by Crippen LogP contribution is -2.28. The number of para-hydroxylation sites is 2. The molecule has 0 fully saturated rings. The highest BCUT2D eigenvalue weighted by molar-refractivity contribution is 6.34. The average molecular weight is 551 g/mol.